The van der Waals surface area contributed by atoms with Gasteiger partial charge in [0.25, 0.3) is 0 Å². The maximum Gasteiger partial charge on any atom is 0.133 e. The van der Waals surface area contributed by atoms with Crippen LogP contribution in [0.5, 0.6) is 0 Å². The fraction of sp³-hybridized carbons (Fsp3) is 0.733. The van der Waals surface area contributed by atoms with Crippen LogP contribution >= 0.6 is 0 Å². The van der Waals surface area contributed by atoms with Crippen LogP contribution in [0.3, 0.4) is 0 Å². The number of anilines is 2. The lowest BCUT2D eigenvalue weighted by atomic mass is 10.3. The Morgan fingerprint density at radius 1 is 1.20 bits per heavy atom. The van der Waals surface area contributed by atoms with Gasteiger partial charge in [-0.05, 0) is 32.1 Å². The van der Waals surface area contributed by atoms with Crippen molar-refractivity contribution in [3.63, 3.8) is 0 Å². The Kier molecular flexibility index (Phi) is 6.05. The predicted molar refractivity (Wildman–Crippen MR) is 82.2 cm³/mol. The summed E-state index contributed by atoms with van der Waals surface area (Å²) in [5.41, 5.74) is 0. The molecule has 1 aromatic rings. The van der Waals surface area contributed by atoms with Crippen LogP contribution in [0.2, 0.25) is 0 Å². The number of hydrogen-bond donors (Lipinski definition) is 2. The first kappa shape index (κ1) is 15.0. The third kappa shape index (κ3) is 5.33. The minimum atomic E-state index is 0.736. The number of nitrogens with one attached hydrogen (secondary N) is 2. The van der Waals surface area contributed by atoms with E-state index in [0.29, 0.717) is 0 Å². The standard InChI is InChI=1S/C15H26N4O/c1-3-5-13-18-14(16-4-2)10-15(19-13)17-8-9-20-11-12-6-7-12/h10,12H,3-9,11H2,1-2H3,(H2,16,17,18,19). The zero-order valence-electron chi connectivity index (χ0n) is 12.6. The highest BCUT2D eigenvalue weighted by atomic mass is 16.5. The minimum absolute atomic E-state index is 0.736. The van der Waals surface area contributed by atoms with Gasteiger partial charge in [0.1, 0.15) is 17.5 Å². The average molecular weight is 278 g/mol. The zero-order chi connectivity index (χ0) is 14.2. The first-order valence-corrected chi connectivity index (χ1v) is 7.75. The van der Waals surface area contributed by atoms with Crippen LogP contribution < -0.4 is 10.6 Å². The van der Waals surface area contributed by atoms with E-state index in [4.69, 9.17) is 4.74 Å². The van der Waals surface area contributed by atoms with Gasteiger partial charge in [-0.2, -0.15) is 0 Å². The minimum Gasteiger partial charge on any atom is -0.379 e. The van der Waals surface area contributed by atoms with Gasteiger partial charge >= 0.3 is 0 Å². The van der Waals surface area contributed by atoms with Crippen molar-refractivity contribution in [2.24, 2.45) is 5.92 Å². The summed E-state index contributed by atoms with van der Waals surface area (Å²) in [6.45, 7) is 7.52. The molecule has 0 unspecified atom stereocenters. The molecule has 0 radical (unpaired) electrons. The predicted octanol–water partition coefficient (Wildman–Crippen LogP) is 2.70. The van der Waals surface area contributed by atoms with Gasteiger partial charge in [-0.1, -0.05) is 6.92 Å². The van der Waals surface area contributed by atoms with E-state index in [1.165, 1.54) is 12.8 Å². The van der Waals surface area contributed by atoms with Gasteiger partial charge < -0.3 is 15.4 Å². The molecule has 1 heterocycles. The smallest absolute Gasteiger partial charge is 0.133 e. The number of aromatic nitrogens is 2. The molecule has 0 amide bonds. The van der Waals surface area contributed by atoms with Crippen LogP contribution in [-0.4, -0.2) is 36.3 Å². The molecular formula is C15H26N4O. The number of nitrogens with zero attached hydrogens (tertiary/aromatic N) is 2. The first-order valence-electron chi connectivity index (χ1n) is 7.75. The summed E-state index contributed by atoms with van der Waals surface area (Å²) in [7, 11) is 0. The van der Waals surface area contributed by atoms with E-state index in [-0.39, 0.29) is 0 Å². The van der Waals surface area contributed by atoms with Crippen LogP contribution in [0.15, 0.2) is 6.07 Å². The van der Waals surface area contributed by atoms with E-state index in [1.54, 1.807) is 0 Å². The summed E-state index contributed by atoms with van der Waals surface area (Å²) >= 11 is 0. The van der Waals surface area contributed by atoms with E-state index in [0.717, 1.165) is 62.5 Å². The van der Waals surface area contributed by atoms with Crippen molar-refractivity contribution in [2.45, 2.75) is 39.5 Å². The summed E-state index contributed by atoms with van der Waals surface area (Å²) in [6, 6.07) is 1.96. The van der Waals surface area contributed by atoms with E-state index < -0.39 is 0 Å². The maximum absolute atomic E-state index is 5.61. The monoisotopic (exact) mass is 278 g/mol. The molecule has 20 heavy (non-hydrogen) atoms. The Labute approximate surface area is 121 Å². The molecule has 0 atom stereocenters. The molecule has 1 aliphatic rings. The molecule has 1 aromatic heterocycles. The normalized spacial score (nSPS) is 14.3. The summed E-state index contributed by atoms with van der Waals surface area (Å²) in [5, 5.41) is 6.57. The van der Waals surface area contributed by atoms with Crippen LogP contribution in [0.4, 0.5) is 11.6 Å². The topological polar surface area (TPSA) is 59.1 Å². The molecular weight excluding hydrogens is 252 g/mol. The molecule has 5 heteroatoms. The third-order valence-corrected chi connectivity index (χ3v) is 3.21. The molecule has 5 nitrogen and oxygen atoms in total. The molecule has 0 saturated heterocycles. The summed E-state index contributed by atoms with van der Waals surface area (Å²) in [4.78, 5) is 9.03. The van der Waals surface area contributed by atoms with Crippen LogP contribution in [0.1, 0.15) is 38.9 Å². The molecule has 0 aromatic carbocycles. The Morgan fingerprint density at radius 3 is 2.60 bits per heavy atom. The van der Waals surface area contributed by atoms with Crippen molar-refractivity contribution < 1.29 is 4.74 Å². The summed E-state index contributed by atoms with van der Waals surface area (Å²) < 4.78 is 5.61. The molecule has 0 bridgehead atoms. The van der Waals surface area contributed by atoms with Gasteiger partial charge in [-0.25, -0.2) is 9.97 Å². The molecule has 112 valence electrons. The molecule has 1 fully saturated rings. The second-order valence-corrected chi connectivity index (χ2v) is 5.28. The van der Waals surface area contributed by atoms with Crippen molar-refractivity contribution >= 4 is 11.6 Å². The molecule has 1 aliphatic carbocycles. The number of rotatable bonds is 10. The Balaban J connectivity index is 1.80. The lowest BCUT2D eigenvalue weighted by Crippen LogP contribution is -2.13. The number of aryl methyl sites for hydroxylation is 1. The Hall–Kier alpha value is -1.36. The van der Waals surface area contributed by atoms with Gasteiger partial charge in [0, 0.05) is 32.2 Å². The quantitative estimate of drug-likeness (QED) is 0.644. The van der Waals surface area contributed by atoms with Gasteiger partial charge in [0.15, 0.2) is 0 Å². The highest BCUT2D eigenvalue weighted by Gasteiger charge is 2.20. The molecule has 0 aliphatic heterocycles. The Bertz CT molecular complexity index is 383. The highest BCUT2D eigenvalue weighted by molar-refractivity contribution is 5.47. The molecule has 1 saturated carbocycles. The van der Waals surface area contributed by atoms with Crippen LogP contribution in [0.25, 0.3) is 0 Å². The number of ether oxygens (including phenoxy) is 1. The Morgan fingerprint density at radius 2 is 1.95 bits per heavy atom. The SMILES string of the molecule is CCCc1nc(NCC)cc(NCCOCC2CC2)n1. The zero-order valence-corrected chi connectivity index (χ0v) is 12.6. The van der Waals surface area contributed by atoms with Gasteiger partial charge in [-0.15, -0.1) is 0 Å². The van der Waals surface area contributed by atoms with E-state index in [9.17, 15) is 0 Å². The van der Waals surface area contributed by atoms with Crippen molar-refractivity contribution in [3.8, 4) is 0 Å². The van der Waals surface area contributed by atoms with Crippen LogP contribution in [-0.2, 0) is 11.2 Å². The van der Waals surface area contributed by atoms with Crippen molar-refractivity contribution in [2.75, 3.05) is 36.9 Å². The summed E-state index contributed by atoms with van der Waals surface area (Å²) in [5.74, 6) is 3.50. The fourth-order valence-corrected chi connectivity index (χ4v) is 1.98. The fourth-order valence-electron chi connectivity index (χ4n) is 1.98. The van der Waals surface area contributed by atoms with Gasteiger partial charge in [0.05, 0.1) is 6.61 Å². The third-order valence-electron chi connectivity index (χ3n) is 3.21. The molecule has 2 rings (SSSR count). The average Bonchev–Trinajstić information content (AvgIpc) is 3.23. The second-order valence-electron chi connectivity index (χ2n) is 5.28. The second kappa shape index (κ2) is 8.04. The van der Waals surface area contributed by atoms with Gasteiger partial charge in [-0.3, -0.25) is 0 Å². The van der Waals surface area contributed by atoms with Crippen molar-refractivity contribution in [1.29, 1.82) is 0 Å². The van der Waals surface area contributed by atoms with E-state index in [1.807, 2.05) is 6.07 Å². The number of hydrogen-bond acceptors (Lipinski definition) is 5. The first-order chi connectivity index (χ1) is 9.81. The summed E-state index contributed by atoms with van der Waals surface area (Å²) in [6.07, 6.45) is 4.64. The van der Waals surface area contributed by atoms with Gasteiger partial charge in [0.2, 0.25) is 0 Å². The van der Waals surface area contributed by atoms with E-state index in [2.05, 4.69) is 34.4 Å². The molecule has 0 spiro atoms. The maximum atomic E-state index is 5.61. The highest BCUT2D eigenvalue weighted by Crippen LogP contribution is 2.28. The largest absolute Gasteiger partial charge is 0.379 e. The van der Waals surface area contributed by atoms with Crippen molar-refractivity contribution in [1.82, 2.24) is 9.97 Å². The lowest BCUT2D eigenvalue weighted by molar-refractivity contribution is 0.134. The lowest BCUT2D eigenvalue weighted by Gasteiger charge is -2.10. The van der Waals surface area contributed by atoms with E-state index >= 15 is 0 Å². The van der Waals surface area contributed by atoms with Crippen LogP contribution in [0, 0.1) is 5.92 Å². The van der Waals surface area contributed by atoms with Crippen molar-refractivity contribution in [3.05, 3.63) is 11.9 Å². The molecule has 2 N–H and O–H groups in total.